The summed E-state index contributed by atoms with van der Waals surface area (Å²) in [6, 6.07) is 5.68. The van der Waals surface area contributed by atoms with Gasteiger partial charge in [-0.25, -0.2) is 0 Å². The van der Waals surface area contributed by atoms with E-state index in [9.17, 15) is 14.4 Å². The fourth-order valence-electron chi connectivity index (χ4n) is 4.85. The number of likely N-dealkylation sites (tertiary alicyclic amines) is 2. The molecule has 2 fully saturated rings. The van der Waals surface area contributed by atoms with Crippen LogP contribution in [0.25, 0.3) is 0 Å². The van der Waals surface area contributed by atoms with Crippen LogP contribution in [0.4, 0.5) is 0 Å². The summed E-state index contributed by atoms with van der Waals surface area (Å²) < 4.78 is 6.49. The summed E-state index contributed by atoms with van der Waals surface area (Å²) in [7, 11) is 2.09. The Kier molecular flexibility index (Phi) is 5.92. The van der Waals surface area contributed by atoms with Gasteiger partial charge in [0.25, 0.3) is 5.91 Å². The number of hydrogen-bond acceptors (Lipinski definition) is 5. The van der Waals surface area contributed by atoms with Gasteiger partial charge in [0.1, 0.15) is 17.9 Å². The number of ether oxygens (including phenoxy) is 1. The summed E-state index contributed by atoms with van der Waals surface area (Å²) in [6.45, 7) is 5.14. The van der Waals surface area contributed by atoms with Crippen LogP contribution in [0, 0.1) is 12.8 Å². The van der Waals surface area contributed by atoms with Gasteiger partial charge in [0.05, 0.1) is 12.1 Å². The van der Waals surface area contributed by atoms with Crippen LogP contribution < -0.4 is 10.5 Å². The van der Waals surface area contributed by atoms with E-state index >= 15 is 0 Å². The molecule has 3 amide bonds. The summed E-state index contributed by atoms with van der Waals surface area (Å²) in [5.74, 6) is -0.111. The Morgan fingerprint density at radius 1 is 1.16 bits per heavy atom. The molecule has 0 saturated carbocycles. The monoisotopic (exact) mass is 428 g/mol. The zero-order valence-corrected chi connectivity index (χ0v) is 18.4. The largest absolute Gasteiger partial charge is 0.484 e. The van der Waals surface area contributed by atoms with E-state index in [1.165, 1.54) is 0 Å². The van der Waals surface area contributed by atoms with Crippen molar-refractivity contribution < 1.29 is 19.1 Å². The Balaban J connectivity index is 1.55. The topological polar surface area (TPSA) is 96.2 Å². The zero-order valence-electron chi connectivity index (χ0n) is 18.4. The molecule has 2 N–H and O–H groups in total. The highest BCUT2D eigenvalue weighted by atomic mass is 16.5. The minimum Gasteiger partial charge on any atom is -0.484 e. The third-order valence-corrected chi connectivity index (χ3v) is 6.93. The number of nitrogens with zero attached hydrogens (tertiary/aromatic N) is 3. The first kappa shape index (κ1) is 21.6. The van der Waals surface area contributed by atoms with Crippen LogP contribution >= 0.6 is 0 Å². The number of benzene rings is 1. The summed E-state index contributed by atoms with van der Waals surface area (Å²) in [6.07, 6.45) is 2.77. The molecule has 3 aliphatic heterocycles. The Labute approximate surface area is 183 Å². The molecule has 3 heterocycles. The normalized spacial score (nSPS) is 22.1. The van der Waals surface area contributed by atoms with Crippen LogP contribution in [-0.4, -0.2) is 84.3 Å². The van der Waals surface area contributed by atoms with Gasteiger partial charge in [-0.15, -0.1) is 0 Å². The molecule has 1 aromatic carbocycles. The Morgan fingerprint density at radius 3 is 2.48 bits per heavy atom. The molecule has 0 unspecified atom stereocenters. The SMILES string of the molecule is Cc1ccc2c(c1)C(=O)N(CC(=O)N1CCC(C(N)=O)CC1)CC1(CCN(C)CC1)O2. The van der Waals surface area contributed by atoms with Crippen LogP contribution in [0.3, 0.4) is 0 Å². The van der Waals surface area contributed by atoms with Gasteiger partial charge in [0.15, 0.2) is 0 Å². The first-order valence-electron chi connectivity index (χ1n) is 11.1. The molecule has 168 valence electrons. The molecule has 8 nitrogen and oxygen atoms in total. The molecule has 0 aromatic heterocycles. The number of nitrogens with two attached hydrogens (primary N) is 1. The molecule has 3 aliphatic rings. The lowest BCUT2D eigenvalue weighted by atomic mass is 9.90. The zero-order chi connectivity index (χ0) is 22.2. The van der Waals surface area contributed by atoms with Gasteiger partial charge in [-0.1, -0.05) is 11.6 Å². The number of aryl methyl sites for hydroxylation is 1. The molecule has 2 saturated heterocycles. The van der Waals surface area contributed by atoms with Crippen molar-refractivity contribution in [2.75, 3.05) is 46.3 Å². The predicted molar refractivity (Wildman–Crippen MR) is 116 cm³/mol. The molecule has 0 radical (unpaired) electrons. The van der Waals surface area contributed by atoms with Gasteiger partial charge in [-0.05, 0) is 38.9 Å². The average Bonchev–Trinajstić information content (AvgIpc) is 2.86. The third-order valence-electron chi connectivity index (χ3n) is 6.93. The third kappa shape index (κ3) is 4.54. The second-order valence-electron chi connectivity index (χ2n) is 9.31. The van der Waals surface area contributed by atoms with E-state index in [1.807, 2.05) is 25.1 Å². The van der Waals surface area contributed by atoms with Crippen molar-refractivity contribution in [2.45, 2.75) is 38.2 Å². The van der Waals surface area contributed by atoms with E-state index in [-0.39, 0.29) is 30.2 Å². The minimum absolute atomic E-state index is 0.0222. The Hall–Kier alpha value is -2.61. The molecular weight excluding hydrogens is 396 g/mol. The number of carbonyl (C=O) groups excluding carboxylic acids is 3. The first-order chi connectivity index (χ1) is 14.8. The average molecular weight is 429 g/mol. The minimum atomic E-state index is -0.484. The number of rotatable bonds is 3. The highest BCUT2D eigenvalue weighted by Gasteiger charge is 2.43. The molecular formula is C23H32N4O4. The fraction of sp³-hybridized carbons (Fsp3) is 0.609. The van der Waals surface area contributed by atoms with Gasteiger partial charge in [0, 0.05) is 44.9 Å². The fourth-order valence-corrected chi connectivity index (χ4v) is 4.85. The molecule has 4 rings (SSSR count). The Bertz CT molecular complexity index is 870. The lowest BCUT2D eigenvalue weighted by molar-refractivity contribution is -0.136. The molecule has 8 heteroatoms. The molecule has 31 heavy (non-hydrogen) atoms. The summed E-state index contributed by atoms with van der Waals surface area (Å²) in [5, 5.41) is 0. The van der Waals surface area contributed by atoms with E-state index in [0.29, 0.717) is 43.8 Å². The number of carbonyl (C=O) groups is 3. The second-order valence-corrected chi connectivity index (χ2v) is 9.31. The smallest absolute Gasteiger partial charge is 0.258 e. The molecule has 0 aliphatic carbocycles. The van der Waals surface area contributed by atoms with Gasteiger partial charge in [-0.3, -0.25) is 14.4 Å². The maximum Gasteiger partial charge on any atom is 0.258 e. The second kappa shape index (κ2) is 8.49. The number of fused-ring (bicyclic) bond motifs is 1. The molecule has 1 aromatic rings. The number of hydrogen-bond donors (Lipinski definition) is 1. The van der Waals surface area contributed by atoms with Crippen molar-refractivity contribution in [3.05, 3.63) is 29.3 Å². The van der Waals surface area contributed by atoms with Crippen molar-refractivity contribution in [3.63, 3.8) is 0 Å². The highest BCUT2D eigenvalue weighted by Crippen LogP contribution is 2.36. The lowest BCUT2D eigenvalue weighted by Crippen LogP contribution is -2.55. The van der Waals surface area contributed by atoms with Crippen LogP contribution in [-0.2, 0) is 9.59 Å². The lowest BCUT2D eigenvalue weighted by Gasteiger charge is -2.42. The Morgan fingerprint density at radius 2 is 1.84 bits per heavy atom. The van der Waals surface area contributed by atoms with Crippen molar-refractivity contribution >= 4 is 17.7 Å². The van der Waals surface area contributed by atoms with Crippen molar-refractivity contribution in [1.82, 2.24) is 14.7 Å². The van der Waals surface area contributed by atoms with Crippen LogP contribution in [0.1, 0.15) is 41.6 Å². The highest BCUT2D eigenvalue weighted by molar-refractivity contribution is 5.99. The first-order valence-corrected chi connectivity index (χ1v) is 11.1. The van der Waals surface area contributed by atoms with Crippen LogP contribution in [0.15, 0.2) is 18.2 Å². The predicted octanol–water partition coefficient (Wildman–Crippen LogP) is 1.02. The van der Waals surface area contributed by atoms with Gasteiger partial charge >= 0.3 is 0 Å². The van der Waals surface area contributed by atoms with E-state index in [0.717, 1.165) is 31.5 Å². The van der Waals surface area contributed by atoms with Crippen molar-refractivity contribution in [2.24, 2.45) is 11.7 Å². The molecule has 0 atom stereocenters. The quantitative estimate of drug-likeness (QED) is 0.775. The summed E-state index contributed by atoms with van der Waals surface area (Å²) in [4.78, 5) is 43.6. The van der Waals surface area contributed by atoms with E-state index in [4.69, 9.17) is 10.5 Å². The summed E-state index contributed by atoms with van der Waals surface area (Å²) >= 11 is 0. The van der Waals surface area contributed by atoms with Crippen molar-refractivity contribution in [1.29, 1.82) is 0 Å². The maximum absolute atomic E-state index is 13.4. The van der Waals surface area contributed by atoms with Gasteiger partial charge in [-0.2, -0.15) is 0 Å². The molecule has 0 bridgehead atoms. The standard InChI is InChI=1S/C23H32N4O4/c1-16-3-4-19-18(13-16)22(30)27(15-23(31-19)7-11-25(2)12-8-23)14-20(28)26-9-5-17(6-10-26)21(24)29/h3-4,13,17H,5-12,14-15H2,1-2H3,(H2,24,29). The number of piperidine rings is 2. The van der Waals surface area contributed by atoms with Gasteiger partial charge < -0.3 is 25.2 Å². The van der Waals surface area contributed by atoms with Gasteiger partial charge in [0.2, 0.25) is 11.8 Å². The number of primary amides is 1. The van der Waals surface area contributed by atoms with Crippen molar-refractivity contribution in [3.8, 4) is 5.75 Å². The molecule has 1 spiro atoms. The van der Waals surface area contributed by atoms with Crippen LogP contribution in [0.2, 0.25) is 0 Å². The van der Waals surface area contributed by atoms with E-state index in [2.05, 4.69) is 11.9 Å². The number of amides is 3. The maximum atomic E-state index is 13.4. The van der Waals surface area contributed by atoms with E-state index < -0.39 is 5.60 Å². The van der Waals surface area contributed by atoms with Crippen LogP contribution in [0.5, 0.6) is 5.75 Å². The van der Waals surface area contributed by atoms with E-state index in [1.54, 1.807) is 9.80 Å². The summed E-state index contributed by atoms with van der Waals surface area (Å²) in [5.41, 5.74) is 6.43.